The van der Waals surface area contributed by atoms with Crippen LogP contribution in [0.3, 0.4) is 0 Å². The normalized spacial score (nSPS) is 10.8. The van der Waals surface area contributed by atoms with Crippen molar-refractivity contribution in [2.45, 2.75) is 26.9 Å². The fourth-order valence-corrected chi connectivity index (χ4v) is 1.38. The first-order valence-electron chi connectivity index (χ1n) is 5.66. The molecular formula is C13H15F3N2. The Hall–Kier alpha value is -1.78. The molecule has 1 heterocycles. The van der Waals surface area contributed by atoms with Crippen molar-refractivity contribution in [3.05, 3.63) is 47.8 Å². The van der Waals surface area contributed by atoms with Gasteiger partial charge in [-0.15, -0.1) is 0 Å². The molecule has 0 aliphatic carbocycles. The van der Waals surface area contributed by atoms with E-state index in [9.17, 15) is 13.2 Å². The van der Waals surface area contributed by atoms with Gasteiger partial charge in [-0.3, -0.25) is 0 Å². The Labute approximate surface area is 104 Å². The first-order valence-corrected chi connectivity index (χ1v) is 5.66. The van der Waals surface area contributed by atoms with Crippen LogP contribution in [0.25, 0.3) is 5.69 Å². The van der Waals surface area contributed by atoms with Crippen LogP contribution in [0.1, 0.15) is 25.0 Å². The monoisotopic (exact) mass is 256 g/mol. The molecule has 0 amide bonds. The quantitative estimate of drug-likeness (QED) is 0.746. The standard InChI is InChI=1S/C11H9F3N2.C2H6/c1-8-6-15-16(7-8)10-4-2-3-9(5-10)11(12,13)14;1-2/h2-7H,1H3;1-2H3. The smallest absolute Gasteiger partial charge is 0.241 e. The number of nitrogens with zero attached hydrogens (tertiary/aromatic N) is 2. The average molecular weight is 256 g/mol. The van der Waals surface area contributed by atoms with Gasteiger partial charge >= 0.3 is 6.18 Å². The molecule has 5 heteroatoms. The molecule has 0 aliphatic rings. The molecule has 0 atom stereocenters. The highest BCUT2D eigenvalue weighted by atomic mass is 19.4. The second-order valence-corrected chi connectivity index (χ2v) is 3.51. The summed E-state index contributed by atoms with van der Waals surface area (Å²) in [5.74, 6) is 0. The predicted molar refractivity (Wildman–Crippen MR) is 64.7 cm³/mol. The minimum atomic E-state index is -4.32. The van der Waals surface area contributed by atoms with Gasteiger partial charge < -0.3 is 0 Å². The number of hydrogen-bond donors (Lipinski definition) is 0. The highest BCUT2D eigenvalue weighted by molar-refractivity contribution is 5.36. The van der Waals surface area contributed by atoms with E-state index in [2.05, 4.69) is 5.10 Å². The SMILES string of the molecule is CC.Cc1cnn(-c2cccc(C(F)(F)F)c2)c1. The van der Waals surface area contributed by atoms with Crippen LogP contribution in [0.2, 0.25) is 0 Å². The summed E-state index contributed by atoms with van der Waals surface area (Å²) in [6, 6.07) is 5.07. The largest absolute Gasteiger partial charge is 0.416 e. The third-order valence-electron chi connectivity index (χ3n) is 2.15. The van der Waals surface area contributed by atoms with Gasteiger partial charge in [0, 0.05) is 6.20 Å². The van der Waals surface area contributed by atoms with Gasteiger partial charge in [-0.05, 0) is 30.7 Å². The van der Waals surface area contributed by atoms with Gasteiger partial charge in [0.1, 0.15) is 0 Å². The fraction of sp³-hybridized carbons (Fsp3) is 0.308. The molecule has 1 aromatic heterocycles. The van der Waals surface area contributed by atoms with E-state index in [1.807, 2.05) is 20.8 Å². The van der Waals surface area contributed by atoms with E-state index in [0.717, 1.165) is 17.7 Å². The summed E-state index contributed by atoms with van der Waals surface area (Å²) < 4.78 is 38.8. The molecule has 0 spiro atoms. The Morgan fingerprint density at radius 2 is 1.83 bits per heavy atom. The Morgan fingerprint density at radius 1 is 1.17 bits per heavy atom. The molecule has 0 N–H and O–H groups in total. The summed E-state index contributed by atoms with van der Waals surface area (Å²) in [6.07, 6.45) is -1.05. The Balaban J connectivity index is 0.000000771. The van der Waals surface area contributed by atoms with E-state index < -0.39 is 11.7 Å². The maximum atomic E-state index is 12.5. The number of alkyl halides is 3. The molecule has 1 aromatic carbocycles. The summed E-state index contributed by atoms with van der Waals surface area (Å²) >= 11 is 0. The van der Waals surface area contributed by atoms with Crippen LogP contribution in [0.5, 0.6) is 0 Å². The van der Waals surface area contributed by atoms with Gasteiger partial charge in [-0.1, -0.05) is 19.9 Å². The van der Waals surface area contributed by atoms with E-state index >= 15 is 0 Å². The lowest BCUT2D eigenvalue weighted by atomic mass is 10.2. The summed E-state index contributed by atoms with van der Waals surface area (Å²) in [5.41, 5.74) is 0.637. The van der Waals surface area contributed by atoms with Crippen LogP contribution in [-0.4, -0.2) is 9.78 Å². The molecule has 0 aliphatic heterocycles. The summed E-state index contributed by atoms with van der Waals surface area (Å²) in [7, 11) is 0. The van der Waals surface area contributed by atoms with Crippen molar-refractivity contribution >= 4 is 0 Å². The van der Waals surface area contributed by atoms with Gasteiger partial charge in [0.05, 0.1) is 17.4 Å². The third kappa shape index (κ3) is 3.35. The Bertz CT molecular complexity index is 501. The first kappa shape index (κ1) is 14.3. The van der Waals surface area contributed by atoms with Crippen LogP contribution in [-0.2, 0) is 6.18 Å². The Morgan fingerprint density at radius 3 is 2.33 bits per heavy atom. The molecule has 0 saturated carbocycles. The lowest BCUT2D eigenvalue weighted by Crippen LogP contribution is -2.06. The zero-order chi connectivity index (χ0) is 13.8. The predicted octanol–water partition coefficient (Wildman–Crippen LogP) is 4.23. The van der Waals surface area contributed by atoms with Crippen molar-refractivity contribution in [3.63, 3.8) is 0 Å². The van der Waals surface area contributed by atoms with Crippen LogP contribution in [0, 0.1) is 6.92 Å². The van der Waals surface area contributed by atoms with Crippen molar-refractivity contribution in [1.29, 1.82) is 0 Å². The number of aryl methyl sites for hydroxylation is 1. The van der Waals surface area contributed by atoms with E-state index in [4.69, 9.17) is 0 Å². The molecule has 0 bridgehead atoms. The maximum absolute atomic E-state index is 12.5. The molecular weight excluding hydrogens is 241 g/mol. The van der Waals surface area contributed by atoms with Crippen LogP contribution in [0.4, 0.5) is 13.2 Å². The van der Waals surface area contributed by atoms with Crippen LogP contribution in [0.15, 0.2) is 36.7 Å². The molecule has 2 rings (SSSR count). The van der Waals surface area contributed by atoms with Crippen LogP contribution >= 0.6 is 0 Å². The number of rotatable bonds is 1. The van der Waals surface area contributed by atoms with E-state index in [0.29, 0.717) is 5.69 Å². The van der Waals surface area contributed by atoms with E-state index in [1.165, 1.54) is 10.7 Å². The van der Waals surface area contributed by atoms with E-state index in [-0.39, 0.29) is 0 Å². The van der Waals surface area contributed by atoms with Crippen LogP contribution < -0.4 is 0 Å². The minimum absolute atomic E-state index is 0.405. The van der Waals surface area contributed by atoms with Crippen molar-refractivity contribution in [3.8, 4) is 5.69 Å². The van der Waals surface area contributed by atoms with Crippen molar-refractivity contribution in [2.75, 3.05) is 0 Å². The van der Waals surface area contributed by atoms with Crippen molar-refractivity contribution in [2.24, 2.45) is 0 Å². The van der Waals surface area contributed by atoms with Crippen molar-refractivity contribution < 1.29 is 13.2 Å². The van der Waals surface area contributed by atoms with Gasteiger partial charge in [0.25, 0.3) is 0 Å². The molecule has 18 heavy (non-hydrogen) atoms. The molecule has 0 fully saturated rings. The highest BCUT2D eigenvalue weighted by Gasteiger charge is 2.30. The summed E-state index contributed by atoms with van der Waals surface area (Å²) in [4.78, 5) is 0. The number of aromatic nitrogens is 2. The molecule has 2 nitrogen and oxygen atoms in total. The second-order valence-electron chi connectivity index (χ2n) is 3.51. The van der Waals surface area contributed by atoms with Crippen molar-refractivity contribution in [1.82, 2.24) is 9.78 Å². The number of halogens is 3. The number of benzene rings is 1. The van der Waals surface area contributed by atoms with E-state index in [1.54, 1.807) is 18.5 Å². The zero-order valence-electron chi connectivity index (χ0n) is 10.5. The number of hydrogen-bond acceptors (Lipinski definition) is 1. The first-order chi connectivity index (χ1) is 8.47. The molecule has 0 unspecified atom stereocenters. The summed E-state index contributed by atoms with van der Waals surface area (Å²) in [6.45, 7) is 5.83. The maximum Gasteiger partial charge on any atom is 0.416 e. The molecule has 2 aromatic rings. The molecule has 0 radical (unpaired) electrons. The Kier molecular flexibility index (Phi) is 4.53. The fourth-order valence-electron chi connectivity index (χ4n) is 1.38. The van der Waals surface area contributed by atoms with Gasteiger partial charge in [-0.2, -0.15) is 18.3 Å². The third-order valence-corrected chi connectivity index (χ3v) is 2.15. The highest BCUT2D eigenvalue weighted by Crippen LogP contribution is 2.30. The molecule has 0 saturated heterocycles. The lowest BCUT2D eigenvalue weighted by molar-refractivity contribution is -0.137. The van der Waals surface area contributed by atoms with Gasteiger partial charge in [0.2, 0.25) is 0 Å². The van der Waals surface area contributed by atoms with Gasteiger partial charge in [0.15, 0.2) is 0 Å². The molecule has 98 valence electrons. The topological polar surface area (TPSA) is 17.8 Å². The summed E-state index contributed by atoms with van der Waals surface area (Å²) in [5, 5.41) is 3.96. The minimum Gasteiger partial charge on any atom is -0.241 e. The van der Waals surface area contributed by atoms with Gasteiger partial charge in [-0.25, -0.2) is 4.68 Å². The lowest BCUT2D eigenvalue weighted by Gasteiger charge is -2.08. The second kappa shape index (κ2) is 5.71. The zero-order valence-corrected chi connectivity index (χ0v) is 10.5. The average Bonchev–Trinajstić information content (AvgIpc) is 2.78.